The summed E-state index contributed by atoms with van der Waals surface area (Å²) >= 11 is 1.82. The van der Waals surface area contributed by atoms with E-state index < -0.39 is 5.97 Å². The Morgan fingerprint density at radius 3 is 2.58 bits per heavy atom. The molecule has 1 atom stereocenters. The van der Waals surface area contributed by atoms with Crippen LogP contribution in [0.25, 0.3) is 0 Å². The molecule has 0 saturated carbocycles. The van der Waals surface area contributed by atoms with E-state index in [0.29, 0.717) is 6.54 Å². The largest absolute Gasteiger partial charge is 0.477 e. The van der Waals surface area contributed by atoms with Gasteiger partial charge in [0.15, 0.2) is 0 Å². The highest BCUT2D eigenvalue weighted by Crippen LogP contribution is 2.30. The Morgan fingerprint density at radius 2 is 1.88 bits per heavy atom. The van der Waals surface area contributed by atoms with Crippen LogP contribution in [0.4, 0.5) is 0 Å². The van der Waals surface area contributed by atoms with Gasteiger partial charge < -0.3 is 10.0 Å². The first-order chi connectivity index (χ1) is 11.6. The molecule has 1 amide bonds. The summed E-state index contributed by atoms with van der Waals surface area (Å²) in [6.07, 6.45) is 0. The Labute approximate surface area is 144 Å². The van der Waals surface area contributed by atoms with Crippen LogP contribution in [0, 0.1) is 6.92 Å². The fourth-order valence-corrected chi connectivity index (χ4v) is 3.82. The van der Waals surface area contributed by atoms with Crippen LogP contribution in [0.1, 0.15) is 38.1 Å². The molecule has 1 unspecified atom stereocenters. The molecule has 3 rings (SSSR count). The summed E-state index contributed by atoms with van der Waals surface area (Å²) in [5, 5.41) is 9.07. The zero-order valence-electron chi connectivity index (χ0n) is 13.3. The standard InChI is InChI=1S/C18H18N2O3S/c1-12-5-7-13(8-6-12)16-11-24-10-9-20(16)17(21)14-3-2-4-15(19-14)18(22)23/h2-8,16H,9-11H2,1H3,(H,22,23). The molecular formula is C18H18N2O3S. The summed E-state index contributed by atoms with van der Waals surface area (Å²) in [7, 11) is 0. The summed E-state index contributed by atoms with van der Waals surface area (Å²) in [6, 6.07) is 12.7. The molecule has 5 nitrogen and oxygen atoms in total. The van der Waals surface area contributed by atoms with Crippen LogP contribution in [0.3, 0.4) is 0 Å². The highest BCUT2D eigenvalue weighted by atomic mass is 32.2. The van der Waals surface area contributed by atoms with E-state index in [-0.39, 0.29) is 23.3 Å². The van der Waals surface area contributed by atoms with E-state index >= 15 is 0 Å². The maximum Gasteiger partial charge on any atom is 0.354 e. The Balaban J connectivity index is 1.90. The van der Waals surface area contributed by atoms with E-state index in [9.17, 15) is 9.59 Å². The first-order valence-electron chi connectivity index (χ1n) is 7.72. The van der Waals surface area contributed by atoms with E-state index in [0.717, 1.165) is 17.1 Å². The Hall–Kier alpha value is -2.34. The minimum absolute atomic E-state index is 0.0212. The maximum atomic E-state index is 12.9. The molecule has 1 fully saturated rings. The molecule has 6 heteroatoms. The lowest BCUT2D eigenvalue weighted by atomic mass is 10.0. The summed E-state index contributed by atoms with van der Waals surface area (Å²) in [5.74, 6) is 0.345. The second kappa shape index (κ2) is 7.05. The maximum absolute atomic E-state index is 12.9. The number of nitrogens with zero attached hydrogens (tertiary/aromatic N) is 2. The SMILES string of the molecule is Cc1ccc(C2CSCCN2C(=O)c2cccc(C(=O)O)n2)cc1. The molecule has 1 N–H and O–H groups in total. The lowest BCUT2D eigenvalue weighted by molar-refractivity contribution is 0.0686. The highest BCUT2D eigenvalue weighted by Gasteiger charge is 2.30. The van der Waals surface area contributed by atoms with Crippen molar-refractivity contribution in [2.24, 2.45) is 0 Å². The number of pyridine rings is 1. The fourth-order valence-electron chi connectivity index (χ4n) is 2.73. The monoisotopic (exact) mass is 342 g/mol. The van der Waals surface area contributed by atoms with Gasteiger partial charge in [0.05, 0.1) is 6.04 Å². The van der Waals surface area contributed by atoms with Gasteiger partial charge in [0.2, 0.25) is 0 Å². The summed E-state index contributed by atoms with van der Waals surface area (Å²) < 4.78 is 0. The van der Waals surface area contributed by atoms with Crippen molar-refractivity contribution in [3.05, 3.63) is 65.0 Å². The van der Waals surface area contributed by atoms with Gasteiger partial charge in [-0.3, -0.25) is 4.79 Å². The van der Waals surface area contributed by atoms with Gasteiger partial charge in [-0.15, -0.1) is 0 Å². The molecule has 2 heterocycles. The minimum Gasteiger partial charge on any atom is -0.477 e. The number of carbonyl (C=O) groups is 2. The van der Waals surface area contributed by atoms with Gasteiger partial charge in [-0.05, 0) is 24.6 Å². The van der Waals surface area contributed by atoms with E-state index in [1.807, 2.05) is 43.0 Å². The number of benzene rings is 1. The smallest absolute Gasteiger partial charge is 0.354 e. The number of aromatic carboxylic acids is 1. The van der Waals surface area contributed by atoms with Crippen LogP contribution < -0.4 is 0 Å². The van der Waals surface area contributed by atoms with Crippen LogP contribution >= 0.6 is 11.8 Å². The minimum atomic E-state index is -1.13. The zero-order valence-corrected chi connectivity index (χ0v) is 14.1. The van der Waals surface area contributed by atoms with Crippen molar-refractivity contribution in [1.82, 2.24) is 9.88 Å². The van der Waals surface area contributed by atoms with Gasteiger partial charge in [-0.2, -0.15) is 11.8 Å². The van der Waals surface area contributed by atoms with Crippen molar-refractivity contribution in [1.29, 1.82) is 0 Å². The number of amides is 1. The van der Waals surface area contributed by atoms with Gasteiger partial charge in [0.1, 0.15) is 11.4 Å². The Bertz CT molecular complexity index is 761. The quantitative estimate of drug-likeness (QED) is 0.928. The lowest BCUT2D eigenvalue weighted by Crippen LogP contribution is -2.41. The van der Waals surface area contributed by atoms with Gasteiger partial charge >= 0.3 is 5.97 Å². The third kappa shape index (κ3) is 3.43. The third-order valence-electron chi connectivity index (χ3n) is 4.04. The van der Waals surface area contributed by atoms with E-state index in [1.165, 1.54) is 11.6 Å². The second-order valence-corrected chi connectivity index (χ2v) is 6.86. The van der Waals surface area contributed by atoms with E-state index in [2.05, 4.69) is 4.98 Å². The molecule has 1 saturated heterocycles. The third-order valence-corrected chi connectivity index (χ3v) is 5.06. The number of thioether (sulfide) groups is 1. The molecule has 24 heavy (non-hydrogen) atoms. The second-order valence-electron chi connectivity index (χ2n) is 5.71. The van der Waals surface area contributed by atoms with Crippen LogP contribution in [0.5, 0.6) is 0 Å². The van der Waals surface area contributed by atoms with Gasteiger partial charge in [0, 0.05) is 18.1 Å². The number of aromatic nitrogens is 1. The van der Waals surface area contributed by atoms with Gasteiger partial charge in [-0.1, -0.05) is 35.9 Å². The molecule has 0 radical (unpaired) electrons. The highest BCUT2D eigenvalue weighted by molar-refractivity contribution is 7.99. The molecule has 0 spiro atoms. The molecule has 124 valence electrons. The first kappa shape index (κ1) is 16.5. The average Bonchev–Trinajstić information content (AvgIpc) is 2.62. The molecule has 2 aromatic rings. The van der Waals surface area contributed by atoms with E-state index in [4.69, 9.17) is 5.11 Å². The number of rotatable bonds is 3. The number of aryl methyl sites for hydroxylation is 1. The zero-order chi connectivity index (χ0) is 17.1. The fraction of sp³-hybridized carbons (Fsp3) is 0.278. The number of hydrogen-bond donors (Lipinski definition) is 1. The normalized spacial score (nSPS) is 17.5. The summed E-state index contributed by atoms with van der Waals surface area (Å²) in [6.45, 7) is 2.66. The average molecular weight is 342 g/mol. The van der Waals surface area contributed by atoms with Crippen molar-refractivity contribution in [3.63, 3.8) is 0 Å². The molecule has 0 aliphatic carbocycles. The number of carboxylic acid groups (broad SMARTS) is 1. The van der Waals surface area contributed by atoms with Crippen molar-refractivity contribution in [3.8, 4) is 0 Å². The van der Waals surface area contributed by atoms with Crippen LogP contribution in [0.15, 0.2) is 42.5 Å². The van der Waals surface area contributed by atoms with Crippen LogP contribution in [-0.2, 0) is 0 Å². The molecule has 0 bridgehead atoms. The molecule has 1 aromatic heterocycles. The molecule has 1 aliphatic heterocycles. The van der Waals surface area contributed by atoms with Gasteiger partial charge in [-0.25, -0.2) is 9.78 Å². The molecule has 1 aliphatic rings. The Morgan fingerprint density at radius 1 is 1.17 bits per heavy atom. The van der Waals surface area contributed by atoms with Crippen molar-refractivity contribution < 1.29 is 14.7 Å². The lowest BCUT2D eigenvalue weighted by Gasteiger charge is -2.35. The van der Waals surface area contributed by atoms with Crippen molar-refractivity contribution >= 4 is 23.6 Å². The molecule has 1 aromatic carbocycles. The van der Waals surface area contributed by atoms with E-state index in [1.54, 1.807) is 17.0 Å². The summed E-state index contributed by atoms with van der Waals surface area (Å²) in [4.78, 5) is 29.8. The van der Waals surface area contributed by atoms with Crippen molar-refractivity contribution in [2.45, 2.75) is 13.0 Å². The summed E-state index contributed by atoms with van der Waals surface area (Å²) in [5.41, 5.74) is 2.34. The number of carbonyl (C=O) groups excluding carboxylic acids is 1. The van der Waals surface area contributed by atoms with Crippen LogP contribution in [-0.4, -0.2) is 44.9 Å². The predicted octanol–water partition coefficient (Wildman–Crippen LogP) is 3.02. The van der Waals surface area contributed by atoms with Crippen molar-refractivity contribution in [2.75, 3.05) is 18.1 Å². The van der Waals surface area contributed by atoms with Crippen LogP contribution in [0.2, 0.25) is 0 Å². The van der Waals surface area contributed by atoms with Gasteiger partial charge in [0.25, 0.3) is 5.91 Å². The number of hydrogen-bond acceptors (Lipinski definition) is 4. The predicted molar refractivity (Wildman–Crippen MR) is 93.5 cm³/mol. The Kier molecular flexibility index (Phi) is 4.85. The first-order valence-corrected chi connectivity index (χ1v) is 8.87. The number of carboxylic acids is 1. The molecular weight excluding hydrogens is 324 g/mol. The topological polar surface area (TPSA) is 70.5 Å².